The van der Waals surface area contributed by atoms with E-state index < -0.39 is 23.0 Å². The summed E-state index contributed by atoms with van der Waals surface area (Å²) in [6, 6.07) is 13.0. The number of rotatable bonds is 6. The first kappa shape index (κ1) is 24.4. The lowest BCUT2D eigenvalue weighted by Crippen LogP contribution is -2.24. The number of alkyl halides is 3. The van der Waals surface area contributed by atoms with Gasteiger partial charge in [-0.2, -0.15) is 13.2 Å². The van der Waals surface area contributed by atoms with Crippen LogP contribution in [0, 0.1) is 0 Å². The van der Waals surface area contributed by atoms with Crippen LogP contribution in [0.25, 0.3) is 5.69 Å². The molecule has 12 heteroatoms. The Morgan fingerprint density at radius 1 is 1.14 bits per heavy atom. The highest BCUT2D eigenvalue weighted by molar-refractivity contribution is 8.00. The van der Waals surface area contributed by atoms with E-state index in [4.69, 9.17) is 11.6 Å². The molecule has 2 aromatic heterocycles. The van der Waals surface area contributed by atoms with Crippen LogP contribution in [0.4, 0.5) is 18.9 Å². The summed E-state index contributed by atoms with van der Waals surface area (Å²) < 4.78 is 39.8. The third kappa shape index (κ3) is 5.87. The normalized spacial score (nSPS) is 11.4. The molecule has 7 nitrogen and oxygen atoms in total. The van der Waals surface area contributed by atoms with Crippen LogP contribution in [0.15, 0.2) is 82.9 Å². The van der Waals surface area contributed by atoms with Crippen molar-refractivity contribution in [3.05, 3.63) is 99.8 Å². The number of pyridine rings is 1. The molecule has 35 heavy (non-hydrogen) atoms. The summed E-state index contributed by atoms with van der Waals surface area (Å²) in [5.41, 5.74) is -3.64. The Bertz CT molecular complexity index is 1440. The molecule has 0 atom stereocenters. The smallest absolute Gasteiger partial charge is 0.446 e. The molecule has 1 amide bonds. The Kier molecular flexibility index (Phi) is 6.90. The van der Waals surface area contributed by atoms with E-state index in [0.29, 0.717) is 21.8 Å². The summed E-state index contributed by atoms with van der Waals surface area (Å²) >= 11 is 5.67. The Labute approximate surface area is 205 Å². The van der Waals surface area contributed by atoms with Crippen LogP contribution in [0.2, 0.25) is 5.02 Å². The fraction of sp³-hybridized carbons (Fsp3) is 0.0870. The van der Waals surface area contributed by atoms with Gasteiger partial charge in [0, 0.05) is 21.7 Å². The van der Waals surface area contributed by atoms with Crippen LogP contribution in [-0.2, 0) is 6.54 Å². The van der Waals surface area contributed by atoms with E-state index in [2.05, 4.69) is 10.3 Å². The zero-order valence-electron chi connectivity index (χ0n) is 17.7. The Balaban J connectivity index is 1.58. The maximum atomic E-state index is 13.0. The monoisotopic (exact) mass is 520 g/mol. The second kappa shape index (κ2) is 9.88. The number of nitrogens with one attached hydrogen (secondary N) is 1. The number of nitrogens with zero attached hydrogens (tertiary/aromatic N) is 3. The number of carbonyl (C=O) groups excluding carboxylic acids is 1. The van der Waals surface area contributed by atoms with Crippen molar-refractivity contribution in [1.82, 2.24) is 14.1 Å². The molecule has 0 unspecified atom stereocenters. The lowest BCUT2D eigenvalue weighted by molar-refractivity contribution is -0.0328. The number of hydrogen-bond donors (Lipinski definition) is 2. The minimum Gasteiger partial charge on any atom is -0.493 e. The molecule has 180 valence electrons. The highest BCUT2D eigenvalue weighted by Gasteiger charge is 2.29. The average Bonchev–Trinajstić information content (AvgIpc) is 3.07. The Morgan fingerprint density at radius 3 is 2.57 bits per heavy atom. The minimum absolute atomic E-state index is 0.0188. The maximum Gasteiger partial charge on any atom is 0.446 e. The van der Waals surface area contributed by atoms with Gasteiger partial charge < -0.3 is 10.4 Å². The fourth-order valence-corrected chi connectivity index (χ4v) is 4.04. The van der Waals surface area contributed by atoms with Crippen molar-refractivity contribution >= 4 is 35.0 Å². The molecule has 2 heterocycles. The molecule has 4 rings (SSSR count). The number of imidazole rings is 1. The van der Waals surface area contributed by atoms with Gasteiger partial charge >= 0.3 is 11.2 Å². The van der Waals surface area contributed by atoms with E-state index in [9.17, 15) is 27.9 Å². The number of hydrogen-bond acceptors (Lipinski definition) is 5. The van der Waals surface area contributed by atoms with E-state index in [1.165, 1.54) is 53.5 Å². The van der Waals surface area contributed by atoms with Gasteiger partial charge in [0.15, 0.2) is 0 Å². The molecule has 2 N–H and O–H groups in total. The second-order valence-corrected chi connectivity index (χ2v) is 8.85. The van der Waals surface area contributed by atoms with Crippen molar-refractivity contribution in [2.75, 3.05) is 5.32 Å². The molecule has 0 saturated heterocycles. The van der Waals surface area contributed by atoms with Gasteiger partial charge in [-0.15, -0.1) is 0 Å². The third-order valence-electron chi connectivity index (χ3n) is 4.85. The third-order valence-corrected chi connectivity index (χ3v) is 5.83. The second-order valence-electron chi connectivity index (χ2n) is 7.27. The largest absolute Gasteiger partial charge is 0.493 e. The number of thioether (sulfide) groups is 1. The van der Waals surface area contributed by atoms with Gasteiger partial charge in [-0.1, -0.05) is 17.7 Å². The van der Waals surface area contributed by atoms with Crippen molar-refractivity contribution in [2.24, 2.45) is 0 Å². The summed E-state index contributed by atoms with van der Waals surface area (Å²) in [7, 11) is 0. The van der Waals surface area contributed by atoms with Crippen molar-refractivity contribution in [3.8, 4) is 11.6 Å². The minimum atomic E-state index is -4.44. The van der Waals surface area contributed by atoms with Gasteiger partial charge in [0.2, 0.25) is 5.88 Å². The number of aromatic hydroxyl groups is 1. The first-order chi connectivity index (χ1) is 16.6. The SMILES string of the molecule is O=C(Nc1cnccc1Cn1cc(O)n(-c2ccc(SC(F)(F)F)cc2)c1=O)c1cccc(Cl)c1. The van der Waals surface area contributed by atoms with E-state index in [1.807, 2.05) is 0 Å². The average molecular weight is 521 g/mol. The zero-order chi connectivity index (χ0) is 25.2. The Morgan fingerprint density at radius 2 is 1.89 bits per heavy atom. The standard InChI is InChI=1S/C23H16ClF3N4O3S/c24-16-3-1-2-14(10-16)21(33)29-19-11-28-9-8-15(19)12-30-13-20(32)31(22(30)34)17-4-6-18(7-5-17)35-23(25,26)27/h1-11,13,32H,12H2,(H,29,33). The highest BCUT2D eigenvalue weighted by Crippen LogP contribution is 2.37. The van der Waals surface area contributed by atoms with Gasteiger partial charge in [-0.3, -0.25) is 14.3 Å². The van der Waals surface area contributed by atoms with Crippen LogP contribution in [0.5, 0.6) is 5.88 Å². The zero-order valence-corrected chi connectivity index (χ0v) is 19.2. The number of anilines is 1. The first-order valence-corrected chi connectivity index (χ1v) is 11.2. The number of benzene rings is 2. The quantitative estimate of drug-likeness (QED) is 0.337. The van der Waals surface area contributed by atoms with Crippen molar-refractivity contribution < 1.29 is 23.1 Å². The van der Waals surface area contributed by atoms with Crippen LogP contribution in [0.1, 0.15) is 15.9 Å². The van der Waals surface area contributed by atoms with Gasteiger partial charge in [0.1, 0.15) is 0 Å². The topological polar surface area (TPSA) is 89.2 Å². The predicted octanol–water partition coefficient (Wildman–Crippen LogP) is 5.31. The molecule has 0 spiro atoms. The molecule has 0 aliphatic rings. The number of aromatic nitrogens is 3. The Hall–Kier alpha value is -3.70. The van der Waals surface area contributed by atoms with Crippen LogP contribution >= 0.6 is 23.4 Å². The number of carbonyl (C=O) groups is 1. The van der Waals surface area contributed by atoms with E-state index in [0.717, 1.165) is 4.57 Å². The molecule has 0 saturated carbocycles. The summed E-state index contributed by atoms with van der Waals surface area (Å²) in [5.74, 6) is -0.823. The van der Waals surface area contributed by atoms with Gasteiger partial charge in [-0.05, 0) is 65.9 Å². The van der Waals surface area contributed by atoms with E-state index in [-0.39, 0.29) is 28.9 Å². The molecule has 0 aliphatic carbocycles. The van der Waals surface area contributed by atoms with Gasteiger partial charge in [0.25, 0.3) is 5.91 Å². The lowest BCUT2D eigenvalue weighted by atomic mass is 10.2. The number of amides is 1. The maximum absolute atomic E-state index is 13.0. The van der Waals surface area contributed by atoms with E-state index in [1.54, 1.807) is 24.3 Å². The molecule has 4 aromatic rings. The van der Waals surface area contributed by atoms with Gasteiger partial charge in [-0.25, -0.2) is 9.36 Å². The van der Waals surface area contributed by atoms with Crippen LogP contribution in [0.3, 0.4) is 0 Å². The molecule has 0 radical (unpaired) electrons. The first-order valence-electron chi connectivity index (χ1n) is 9.98. The summed E-state index contributed by atoms with van der Waals surface area (Å²) in [6.07, 6.45) is 4.11. The lowest BCUT2D eigenvalue weighted by Gasteiger charge is -2.11. The molecular formula is C23H16ClF3N4O3S. The highest BCUT2D eigenvalue weighted by atomic mass is 35.5. The molecular weight excluding hydrogens is 505 g/mol. The van der Waals surface area contributed by atoms with Gasteiger partial charge in [0.05, 0.1) is 30.3 Å². The van der Waals surface area contributed by atoms with Crippen LogP contribution in [-0.4, -0.2) is 30.6 Å². The van der Waals surface area contributed by atoms with Crippen LogP contribution < -0.4 is 11.0 Å². The fourth-order valence-electron chi connectivity index (χ4n) is 3.31. The van der Waals surface area contributed by atoms with Crippen molar-refractivity contribution in [1.29, 1.82) is 0 Å². The number of halogens is 4. The predicted molar refractivity (Wildman–Crippen MR) is 126 cm³/mol. The van der Waals surface area contributed by atoms with Crippen molar-refractivity contribution in [3.63, 3.8) is 0 Å². The molecule has 2 aromatic carbocycles. The van der Waals surface area contributed by atoms with Crippen molar-refractivity contribution in [2.45, 2.75) is 16.9 Å². The van der Waals surface area contributed by atoms with E-state index >= 15 is 0 Å². The summed E-state index contributed by atoms with van der Waals surface area (Å²) in [4.78, 5) is 29.5. The molecule has 0 fully saturated rings. The molecule has 0 bridgehead atoms. The summed E-state index contributed by atoms with van der Waals surface area (Å²) in [6.45, 7) is -0.0188. The summed E-state index contributed by atoms with van der Waals surface area (Å²) in [5, 5.41) is 13.5. The molecule has 0 aliphatic heterocycles.